The minimum absolute atomic E-state index is 0.154. The van der Waals surface area contributed by atoms with Gasteiger partial charge in [-0.2, -0.15) is 0 Å². The monoisotopic (exact) mass is 430 g/mol. The van der Waals surface area contributed by atoms with Crippen LogP contribution in [0.3, 0.4) is 0 Å². The zero-order chi connectivity index (χ0) is 22.7. The second kappa shape index (κ2) is 9.09. The van der Waals surface area contributed by atoms with Gasteiger partial charge in [-0.1, -0.05) is 0 Å². The van der Waals surface area contributed by atoms with Gasteiger partial charge >= 0.3 is 0 Å². The standard InChI is InChI=1S/C21H23FN4O5/c1-13-16(22)10-15(12-18(13)26(29)30)20(27)23-17-11-14(4-5-19(17)31-3)21(28)25-8-6-24(2)7-9-25/h4-5,10-12H,6-9H2,1-3H3,(H,23,27). The number of nitro groups is 1. The van der Waals surface area contributed by atoms with Crippen molar-refractivity contribution in [3.63, 3.8) is 0 Å². The van der Waals surface area contributed by atoms with Crippen molar-refractivity contribution in [3.8, 4) is 5.75 Å². The summed E-state index contributed by atoms with van der Waals surface area (Å²) >= 11 is 0. The number of halogens is 1. The summed E-state index contributed by atoms with van der Waals surface area (Å²) in [5.74, 6) is -1.50. The molecule has 0 bridgehead atoms. The van der Waals surface area contributed by atoms with E-state index in [1.165, 1.54) is 20.1 Å². The van der Waals surface area contributed by atoms with Crippen LogP contribution in [0.25, 0.3) is 0 Å². The Bertz CT molecular complexity index is 1030. The molecule has 164 valence electrons. The van der Waals surface area contributed by atoms with Crippen molar-refractivity contribution in [2.24, 2.45) is 0 Å². The topological polar surface area (TPSA) is 105 Å². The van der Waals surface area contributed by atoms with Crippen LogP contribution in [-0.2, 0) is 0 Å². The highest BCUT2D eigenvalue weighted by Crippen LogP contribution is 2.28. The molecular formula is C21H23FN4O5. The maximum Gasteiger partial charge on any atom is 0.276 e. The third kappa shape index (κ3) is 4.80. The van der Waals surface area contributed by atoms with E-state index in [1.54, 1.807) is 17.0 Å². The van der Waals surface area contributed by atoms with Crippen LogP contribution in [0.4, 0.5) is 15.8 Å². The first-order valence-corrected chi connectivity index (χ1v) is 9.63. The number of piperazine rings is 1. The summed E-state index contributed by atoms with van der Waals surface area (Å²) in [7, 11) is 3.39. The molecule has 1 aliphatic heterocycles. The van der Waals surface area contributed by atoms with Crippen molar-refractivity contribution < 1.29 is 23.6 Å². The third-order valence-electron chi connectivity index (χ3n) is 5.26. The number of likely N-dealkylation sites (N-methyl/N-ethyl adjacent to an activating group) is 1. The van der Waals surface area contributed by atoms with Crippen molar-refractivity contribution in [3.05, 3.63) is 63.0 Å². The minimum Gasteiger partial charge on any atom is -0.495 e. The van der Waals surface area contributed by atoms with E-state index in [1.807, 2.05) is 7.05 Å². The molecule has 1 N–H and O–H groups in total. The van der Waals surface area contributed by atoms with Gasteiger partial charge in [0.2, 0.25) is 0 Å². The van der Waals surface area contributed by atoms with Crippen LogP contribution < -0.4 is 10.1 Å². The Morgan fingerprint density at radius 1 is 1.13 bits per heavy atom. The SMILES string of the molecule is COc1ccc(C(=O)N2CCN(C)CC2)cc1NC(=O)c1cc(F)c(C)c([N+](=O)[O-])c1. The Hall–Kier alpha value is -3.53. The molecule has 1 fully saturated rings. The Morgan fingerprint density at radius 2 is 1.81 bits per heavy atom. The fourth-order valence-electron chi connectivity index (χ4n) is 3.31. The summed E-state index contributed by atoms with van der Waals surface area (Å²) in [5, 5.41) is 13.7. The second-order valence-electron chi connectivity index (χ2n) is 7.32. The van der Waals surface area contributed by atoms with Crippen molar-refractivity contribution in [2.45, 2.75) is 6.92 Å². The van der Waals surface area contributed by atoms with Crippen molar-refractivity contribution in [2.75, 3.05) is 45.7 Å². The van der Waals surface area contributed by atoms with Crippen LogP contribution in [0, 0.1) is 22.9 Å². The van der Waals surface area contributed by atoms with Crippen molar-refractivity contribution >= 4 is 23.2 Å². The van der Waals surface area contributed by atoms with Gasteiger partial charge in [-0.3, -0.25) is 19.7 Å². The number of carbonyl (C=O) groups is 2. The molecule has 0 radical (unpaired) electrons. The number of carbonyl (C=O) groups excluding carboxylic acids is 2. The van der Waals surface area contributed by atoms with E-state index in [-0.39, 0.29) is 22.7 Å². The van der Waals surface area contributed by atoms with Gasteiger partial charge in [-0.15, -0.1) is 0 Å². The maximum atomic E-state index is 14.1. The van der Waals surface area contributed by atoms with E-state index in [4.69, 9.17) is 4.74 Å². The molecule has 9 nitrogen and oxygen atoms in total. The number of ether oxygens (including phenoxy) is 1. The van der Waals surface area contributed by atoms with E-state index in [9.17, 15) is 24.1 Å². The predicted molar refractivity (Wildman–Crippen MR) is 112 cm³/mol. The van der Waals surface area contributed by atoms with Crippen molar-refractivity contribution in [1.29, 1.82) is 0 Å². The Kier molecular flexibility index (Phi) is 6.50. The number of nitro benzene ring substituents is 1. The summed E-state index contributed by atoms with van der Waals surface area (Å²) in [4.78, 5) is 39.8. The van der Waals surface area contributed by atoms with Gasteiger partial charge in [-0.25, -0.2) is 4.39 Å². The first-order valence-electron chi connectivity index (χ1n) is 9.63. The summed E-state index contributed by atoms with van der Waals surface area (Å²) in [5.41, 5.74) is -0.291. The summed E-state index contributed by atoms with van der Waals surface area (Å²) in [6, 6.07) is 6.59. The second-order valence-corrected chi connectivity index (χ2v) is 7.32. The quantitative estimate of drug-likeness (QED) is 0.578. The molecule has 0 aliphatic carbocycles. The average molecular weight is 430 g/mol. The lowest BCUT2D eigenvalue weighted by molar-refractivity contribution is -0.385. The van der Waals surface area contributed by atoms with Crippen LogP contribution >= 0.6 is 0 Å². The molecule has 2 aromatic carbocycles. The molecule has 0 unspecified atom stereocenters. The van der Waals surface area contributed by atoms with Gasteiger partial charge in [0.15, 0.2) is 0 Å². The maximum absolute atomic E-state index is 14.1. The smallest absolute Gasteiger partial charge is 0.276 e. The first-order chi connectivity index (χ1) is 14.7. The molecular weight excluding hydrogens is 407 g/mol. The largest absolute Gasteiger partial charge is 0.495 e. The molecule has 0 spiro atoms. The fourth-order valence-corrected chi connectivity index (χ4v) is 3.31. The van der Waals surface area contributed by atoms with Crippen LogP contribution in [-0.4, -0.2) is 66.9 Å². The van der Waals surface area contributed by atoms with E-state index >= 15 is 0 Å². The average Bonchev–Trinajstić information content (AvgIpc) is 2.75. The van der Waals surface area contributed by atoms with Gasteiger partial charge in [0, 0.05) is 43.4 Å². The molecule has 0 saturated carbocycles. The van der Waals surface area contributed by atoms with Gasteiger partial charge in [0.05, 0.1) is 23.3 Å². The Balaban J connectivity index is 1.87. The summed E-state index contributed by atoms with van der Waals surface area (Å²) in [6.07, 6.45) is 0. The number of methoxy groups -OCH3 is 1. The van der Waals surface area contributed by atoms with E-state index in [0.717, 1.165) is 25.2 Å². The molecule has 2 amide bonds. The number of nitrogens with one attached hydrogen (secondary N) is 1. The number of hydrogen-bond donors (Lipinski definition) is 1. The lowest BCUT2D eigenvalue weighted by Crippen LogP contribution is -2.47. The van der Waals surface area contributed by atoms with Crippen LogP contribution in [0.1, 0.15) is 26.3 Å². The van der Waals surface area contributed by atoms with Gasteiger partial charge < -0.3 is 19.9 Å². The van der Waals surface area contributed by atoms with E-state index < -0.39 is 22.3 Å². The third-order valence-corrected chi connectivity index (χ3v) is 5.26. The van der Waals surface area contributed by atoms with Crippen LogP contribution in [0.15, 0.2) is 30.3 Å². The summed E-state index contributed by atoms with van der Waals surface area (Å²) in [6.45, 7) is 3.99. The number of hydrogen-bond acceptors (Lipinski definition) is 6. The fraction of sp³-hybridized carbons (Fsp3) is 0.333. The normalized spacial score (nSPS) is 14.3. The number of nitrogens with zero attached hydrogens (tertiary/aromatic N) is 3. The Morgan fingerprint density at radius 3 is 2.42 bits per heavy atom. The molecule has 0 atom stereocenters. The minimum atomic E-state index is -0.856. The molecule has 31 heavy (non-hydrogen) atoms. The molecule has 1 heterocycles. The van der Waals surface area contributed by atoms with E-state index in [2.05, 4.69) is 10.2 Å². The predicted octanol–water partition coefficient (Wildman–Crippen LogP) is 2.69. The van der Waals surface area contributed by atoms with Crippen LogP contribution in [0.5, 0.6) is 5.75 Å². The number of rotatable bonds is 5. The highest BCUT2D eigenvalue weighted by molar-refractivity contribution is 6.06. The van der Waals surface area contributed by atoms with Crippen LogP contribution in [0.2, 0.25) is 0 Å². The molecule has 2 aromatic rings. The van der Waals surface area contributed by atoms with Crippen molar-refractivity contribution in [1.82, 2.24) is 9.80 Å². The highest BCUT2D eigenvalue weighted by Gasteiger charge is 2.23. The number of anilines is 1. The molecule has 1 aliphatic rings. The number of benzene rings is 2. The lowest BCUT2D eigenvalue weighted by Gasteiger charge is -2.32. The Labute approximate surface area is 178 Å². The van der Waals surface area contributed by atoms with Gasteiger partial charge in [-0.05, 0) is 38.2 Å². The van der Waals surface area contributed by atoms with Gasteiger partial charge in [0.1, 0.15) is 11.6 Å². The zero-order valence-electron chi connectivity index (χ0n) is 17.5. The van der Waals surface area contributed by atoms with Gasteiger partial charge in [0.25, 0.3) is 17.5 Å². The molecule has 1 saturated heterocycles. The molecule has 0 aromatic heterocycles. The summed E-state index contributed by atoms with van der Waals surface area (Å²) < 4.78 is 19.3. The molecule has 10 heteroatoms. The zero-order valence-corrected chi connectivity index (χ0v) is 17.5. The highest BCUT2D eigenvalue weighted by atomic mass is 19.1. The van der Waals surface area contributed by atoms with E-state index in [0.29, 0.717) is 24.4 Å². The lowest BCUT2D eigenvalue weighted by atomic mass is 10.1. The first kappa shape index (κ1) is 22.2. The molecule has 3 rings (SSSR count). The number of amides is 2.